The predicted octanol–water partition coefficient (Wildman–Crippen LogP) is 3.04. The third-order valence-corrected chi connectivity index (χ3v) is 2.97. The quantitative estimate of drug-likeness (QED) is 0.881. The topological polar surface area (TPSA) is 46.5 Å². The van der Waals surface area contributed by atoms with E-state index in [2.05, 4.69) is 0 Å². The molecule has 0 amide bonds. The molecule has 0 saturated carbocycles. The van der Waals surface area contributed by atoms with Crippen LogP contribution in [0.15, 0.2) is 36.4 Å². The van der Waals surface area contributed by atoms with Gasteiger partial charge in [0.2, 0.25) is 0 Å². The van der Waals surface area contributed by atoms with Crippen LogP contribution in [0.3, 0.4) is 0 Å². The Bertz CT molecular complexity index is 560. The summed E-state index contributed by atoms with van der Waals surface area (Å²) in [5.74, 6) is -0.576. The molecule has 0 aliphatic rings. The van der Waals surface area contributed by atoms with Crippen LogP contribution in [-0.2, 0) is 4.79 Å². The van der Waals surface area contributed by atoms with E-state index in [1.54, 1.807) is 14.0 Å². The van der Waals surface area contributed by atoms with Gasteiger partial charge in [-0.15, -0.1) is 0 Å². The van der Waals surface area contributed by atoms with Crippen molar-refractivity contribution in [2.24, 2.45) is 0 Å². The Hall–Kier alpha value is -2.03. The molecule has 0 aliphatic heterocycles. The van der Waals surface area contributed by atoms with Crippen molar-refractivity contribution in [2.45, 2.75) is 12.8 Å². The van der Waals surface area contributed by atoms with E-state index < -0.39 is 11.9 Å². The van der Waals surface area contributed by atoms with Crippen LogP contribution in [0.5, 0.6) is 5.75 Å². The Morgan fingerprint density at radius 2 is 1.82 bits per heavy atom. The van der Waals surface area contributed by atoms with Crippen LogP contribution in [0.25, 0.3) is 10.8 Å². The number of benzene rings is 2. The van der Waals surface area contributed by atoms with Crippen LogP contribution < -0.4 is 4.74 Å². The lowest BCUT2D eigenvalue weighted by molar-refractivity contribution is -0.138. The van der Waals surface area contributed by atoms with Gasteiger partial charge < -0.3 is 9.84 Å². The van der Waals surface area contributed by atoms with Crippen LogP contribution in [0.2, 0.25) is 0 Å². The highest BCUT2D eigenvalue weighted by Gasteiger charge is 2.17. The van der Waals surface area contributed by atoms with Crippen LogP contribution in [0.4, 0.5) is 0 Å². The Balaban J connectivity index is 2.70. The highest BCUT2D eigenvalue weighted by Crippen LogP contribution is 2.32. The minimum atomic E-state index is -0.819. The zero-order chi connectivity index (χ0) is 12.4. The van der Waals surface area contributed by atoms with Gasteiger partial charge in [-0.25, -0.2) is 0 Å². The number of methoxy groups -OCH3 is 1. The van der Waals surface area contributed by atoms with Crippen LogP contribution >= 0.6 is 0 Å². The van der Waals surface area contributed by atoms with E-state index in [9.17, 15) is 4.79 Å². The minimum Gasteiger partial charge on any atom is -0.496 e. The molecule has 0 aliphatic carbocycles. The van der Waals surface area contributed by atoms with Crippen molar-refractivity contribution in [3.63, 3.8) is 0 Å². The van der Waals surface area contributed by atoms with Crippen LogP contribution in [-0.4, -0.2) is 18.2 Å². The molecule has 0 unspecified atom stereocenters. The van der Waals surface area contributed by atoms with Gasteiger partial charge in [-0.05, 0) is 23.9 Å². The lowest BCUT2D eigenvalue weighted by Crippen LogP contribution is -2.08. The van der Waals surface area contributed by atoms with E-state index in [-0.39, 0.29) is 0 Å². The molecule has 0 fully saturated rings. The minimum absolute atomic E-state index is 0.522. The molecule has 0 saturated heterocycles. The van der Waals surface area contributed by atoms with E-state index in [1.165, 1.54) is 0 Å². The van der Waals surface area contributed by atoms with E-state index in [0.29, 0.717) is 0 Å². The van der Waals surface area contributed by atoms with E-state index >= 15 is 0 Å². The highest BCUT2D eigenvalue weighted by atomic mass is 16.5. The first-order chi connectivity index (χ1) is 8.15. The maximum atomic E-state index is 11.1. The molecule has 3 nitrogen and oxygen atoms in total. The molecule has 88 valence electrons. The predicted molar refractivity (Wildman–Crippen MR) is 66.6 cm³/mol. The molecule has 2 rings (SSSR count). The van der Waals surface area contributed by atoms with E-state index in [4.69, 9.17) is 9.84 Å². The molecule has 0 bridgehead atoms. The summed E-state index contributed by atoms with van der Waals surface area (Å²) in [6, 6.07) is 11.3. The summed E-state index contributed by atoms with van der Waals surface area (Å²) >= 11 is 0. The number of carbonyl (C=O) groups is 1. The summed E-state index contributed by atoms with van der Waals surface area (Å²) in [4.78, 5) is 11.1. The molecule has 0 aromatic heterocycles. The van der Waals surface area contributed by atoms with Gasteiger partial charge in [0.1, 0.15) is 5.75 Å². The van der Waals surface area contributed by atoms with Gasteiger partial charge in [0.05, 0.1) is 13.0 Å². The Morgan fingerprint density at radius 3 is 2.41 bits per heavy atom. The molecule has 0 spiro atoms. The second-order valence-corrected chi connectivity index (χ2v) is 3.96. The maximum Gasteiger partial charge on any atom is 0.310 e. The van der Waals surface area contributed by atoms with Crippen molar-refractivity contribution in [3.8, 4) is 5.75 Å². The fraction of sp³-hybridized carbons (Fsp3) is 0.214. The molecule has 0 heterocycles. The number of fused-ring (bicyclic) bond motifs is 1. The van der Waals surface area contributed by atoms with Gasteiger partial charge in [0.15, 0.2) is 0 Å². The number of carboxylic acids is 1. The molecular formula is C14H14O3. The van der Waals surface area contributed by atoms with Gasteiger partial charge in [-0.2, -0.15) is 0 Å². The third kappa shape index (κ3) is 1.96. The van der Waals surface area contributed by atoms with Crippen molar-refractivity contribution in [1.29, 1.82) is 0 Å². The molecule has 1 N–H and O–H groups in total. The number of rotatable bonds is 3. The molecule has 1 atom stereocenters. The summed E-state index contributed by atoms with van der Waals surface area (Å²) in [5, 5.41) is 11.0. The monoisotopic (exact) mass is 230 g/mol. The van der Waals surface area contributed by atoms with Crippen LogP contribution in [0.1, 0.15) is 18.4 Å². The summed E-state index contributed by atoms with van der Waals surface area (Å²) in [6.07, 6.45) is 0. The summed E-state index contributed by atoms with van der Waals surface area (Å²) in [7, 11) is 1.61. The molecule has 17 heavy (non-hydrogen) atoms. The van der Waals surface area contributed by atoms with E-state index in [0.717, 1.165) is 22.1 Å². The number of hydrogen-bond acceptors (Lipinski definition) is 2. The molecule has 2 aromatic rings. The van der Waals surface area contributed by atoms with E-state index in [1.807, 2.05) is 36.4 Å². The fourth-order valence-electron chi connectivity index (χ4n) is 1.98. The van der Waals surface area contributed by atoms with Gasteiger partial charge in [-0.3, -0.25) is 4.79 Å². The molecule has 0 radical (unpaired) electrons. The zero-order valence-corrected chi connectivity index (χ0v) is 9.81. The third-order valence-electron chi connectivity index (χ3n) is 2.97. The first-order valence-electron chi connectivity index (χ1n) is 5.43. The molecule has 2 aromatic carbocycles. The summed E-state index contributed by atoms with van der Waals surface area (Å²) in [6.45, 7) is 1.69. The Labute approximate surface area is 99.6 Å². The molecule has 3 heteroatoms. The van der Waals surface area contributed by atoms with Crippen molar-refractivity contribution < 1.29 is 14.6 Å². The second kappa shape index (κ2) is 4.45. The number of ether oxygens (including phenoxy) is 1. The van der Waals surface area contributed by atoms with Gasteiger partial charge in [0.25, 0.3) is 0 Å². The van der Waals surface area contributed by atoms with Gasteiger partial charge in [0, 0.05) is 5.39 Å². The average molecular weight is 230 g/mol. The zero-order valence-electron chi connectivity index (χ0n) is 9.81. The molecular weight excluding hydrogens is 216 g/mol. The highest BCUT2D eigenvalue weighted by molar-refractivity contribution is 5.94. The first-order valence-corrected chi connectivity index (χ1v) is 5.43. The largest absolute Gasteiger partial charge is 0.496 e. The average Bonchev–Trinajstić information content (AvgIpc) is 2.36. The summed E-state index contributed by atoms with van der Waals surface area (Å²) < 4.78 is 5.28. The number of carboxylic acid groups (broad SMARTS) is 1. The Morgan fingerprint density at radius 1 is 1.18 bits per heavy atom. The standard InChI is InChI=1S/C14H14O3/c1-9(14(15)16)10-7-8-13(17-2)12-6-4-3-5-11(10)12/h3-9H,1-2H3,(H,15,16)/t9-/m1/s1. The number of hydrogen-bond donors (Lipinski definition) is 1. The smallest absolute Gasteiger partial charge is 0.310 e. The lowest BCUT2D eigenvalue weighted by Gasteiger charge is -2.13. The fourth-order valence-corrected chi connectivity index (χ4v) is 1.98. The SMILES string of the molecule is COc1ccc([C@@H](C)C(=O)O)c2ccccc12. The van der Waals surface area contributed by atoms with Crippen molar-refractivity contribution in [1.82, 2.24) is 0 Å². The number of aliphatic carboxylic acids is 1. The van der Waals surface area contributed by atoms with Gasteiger partial charge >= 0.3 is 5.97 Å². The lowest BCUT2D eigenvalue weighted by atomic mass is 9.94. The maximum absolute atomic E-state index is 11.1. The van der Waals surface area contributed by atoms with Gasteiger partial charge in [-0.1, -0.05) is 30.3 Å². The first kappa shape index (κ1) is 11.5. The van der Waals surface area contributed by atoms with Crippen molar-refractivity contribution in [3.05, 3.63) is 42.0 Å². The van der Waals surface area contributed by atoms with Crippen LogP contribution in [0, 0.1) is 0 Å². The normalized spacial score (nSPS) is 12.4. The van der Waals surface area contributed by atoms with Crippen molar-refractivity contribution in [2.75, 3.05) is 7.11 Å². The second-order valence-electron chi connectivity index (χ2n) is 3.96. The Kier molecular flexibility index (Phi) is 3.00. The summed E-state index contributed by atoms with van der Waals surface area (Å²) in [5.41, 5.74) is 0.814. The van der Waals surface area contributed by atoms with Crippen molar-refractivity contribution >= 4 is 16.7 Å².